The third-order valence-electron chi connectivity index (χ3n) is 3.83. The van der Waals surface area contributed by atoms with Crippen LogP contribution in [0.4, 0.5) is 5.69 Å². The van der Waals surface area contributed by atoms with Crippen molar-refractivity contribution >= 4 is 39.3 Å². The Morgan fingerprint density at radius 3 is 2.42 bits per heavy atom. The number of hydrogen-bond donors (Lipinski definition) is 4. The third-order valence-corrected chi connectivity index (χ3v) is 6.60. The molecule has 1 heterocycles. The minimum Gasteiger partial charge on any atom is -0.326 e. The van der Waals surface area contributed by atoms with Crippen LogP contribution in [0.5, 0.6) is 0 Å². The number of hydrogen-bond acceptors (Lipinski definition) is 6. The second-order valence-corrected chi connectivity index (χ2v) is 10.2. The van der Waals surface area contributed by atoms with Crippen LogP contribution in [0.15, 0.2) is 29.7 Å². The third kappa shape index (κ3) is 6.01. The lowest BCUT2D eigenvalue weighted by Crippen LogP contribution is -2.39. The van der Waals surface area contributed by atoms with E-state index in [1.54, 1.807) is 20.8 Å². The SMILES string of the molecule is CC(C)(C)S(=O)(=O)NCCCCC(=O)Nc1ccc(C2=CSNN2)cc1. The van der Waals surface area contributed by atoms with Gasteiger partial charge in [-0.15, -0.1) is 0 Å². The van der Waals surface area contributed by atoms with Crippen LogP contribution >= 0.6 is 11.9 Å². The molecular formula is C17H26N4O3S2. The molecule has 1 aromatic carbocycles. The van der Waals surface area contributed by atoms with Gasteiger partial charge in [-0.05, 0) is 63.3 Å². The first-order valence-corrected chi connectivity index (χ1v) is 10.8. The van der Waals surface area contributed by atoms with Gasteiger partial charge in [0, 0.05) is 24.1 Å². The van der Waals surface area contributed by atoms with E-state index in [0.29, 0.717) is 25.8 Å². The molecule has 1 amide bonds. The summed E-state index contributed by atoms with van der Waals surface area (Å²) in [6.45, 7) is 5.31. The lowest BCUT2D eigenvalue weighted by Gasteiger charge is -2.19. The highest BCUT2D eigenvalue weighted by Crippen LogP contribution is 2.20. The summed E-state index contributed by atoms with van der Waals surface area (Å²) in [5, 5.41) is 4.83. The van der Waals surface area contributed by atoms with Crippen LogP contribution in [0.2, 0.25) is 0 Å². The highest BCUT2D eigenvalue weighted by Gasteiger charge is 2.27. The summed E-state index contributed by atoms with van der Waals surface area (Å²) in [7, 11) is -3.32. The van der Waals surface area contributed by atoms with E-state index in [4.69, 9.17) is 0 Å². The molecule has 1 aliphatic heterocycles. The predicted molar refractivity (Wildman–Crippen MR) is 107 cm³/mol. The first-order chi connectivity index (χ1) is 12.2. The Balaban J connectivity index is 1.69. The minimum absolute atomic E-state index is 0.0770. The molecule has 4 N–H and O–H groups in total. The van der Waals surface area contributed by atoms with Gasteiger partial charge >= 0.3 is 0 Å². The maximum atomic E-state index is 12.0. The van der Waals surface area contributed by atoms with Crippen LogP contribution in [-0.2, 0) is 14.8 Å². The van der Waals surface area contributed by atoms with Gasteiger partial charge in [-0.1, -0.05) is 12.1 Å². The topological polar surface area (TPSA) is 99.3 Å². The van der Waals surface area contributed by atoms with Crippen LogP contribution < -0.4 is 20.3 Å². The van der Waals surface area contributed by atoms with Crippen molar-refractivity contribution in [3.63, 3.8) is 0 Å². The molecule has 0 spiro atoms. The van der Waals surface area contributed by atoms with Gasteiger partial charge in [0.2, 0.25) is 15.9 Å². The standard InChI is InChI=1S/C17H26N4O3S2/c1-17(2,3)26(23,24)18-11-5-4-6-16(22)19-14-9-7-13(8-10-14)15-12-25-21-20-15/h7-10,12,18,20-21H,4-6,11H2,1-3H3,(H,19,22). The number of unbranched alkanes of at least 4 members (excludes halogenated alkanes) is 1. The molecular weight excluding hydrogens is 372 g/mol. The van der Waals surface area contributed by atoms with E-state index in [2.05, 4.69) is 20.3 Å². The van der Waals surface area contributed by atoms with Gasteiger partial charge in [-0.2, -0.15) is 4.83 Å². The average molecular weight is 399 g/mol. The first kappa shape index (κ1) is 20.8. The van der Waals surface area contributed by atoms with Crippen molar-refractivity contribution in [3.05, 3.63) is 35.2 Å². The normalized spacial score (nSPS) is 14.7. The van der Waals surface area contributed by atoms with E-state index in [9.17, 15) is 13.2 Å². The molecule has 0 atom stereocenters. The van der Waals surface area contributed by atoms with Crippen molar-refractivity contribution in [2.45, 2.75) is 44.8 Å². The number of anilines is 1. The zero-order valence-electron chi connectivity index (χ0n) is 15.3. The molecule has 2 rings (SSSR count). The fourth-order valence-corrected chi connectivity index (χ4v) is 3.52. The second kappa shape index (κ2) is 8.90. The van der Waals surface area contributed by atoms with E-state index in [1.165, 1.54) is 11.9 Å². The monoisotopic (exact) mass is 398 g/mol. The van der Waals surface area contributed by atoms with Gasteiger partial charge in [-0.3, -0.25) is 4.79 Å². The largest absolute Gasteiger partial charge is 0.326 e. The maximum Gasteiger partial charge on any atom is 0.224 e. The molecule has 26 heavy (non-hydrogen) atoms. The molecule has 9 heteroatoms. The molecule has 0 fully saturated rings. The van der Waals surface area contributed by atoms with Crippen molar-refractivity contribution in [1.29, 1.82) is 0 Å². The molecule has 0 unspecified atom stereocenters. The lowest BCUT2D eigenvalue weighted by molar-refractivity contribution is -0.116. The molecule has 144 valence electrons. The second-order valence-electron chi connectivity index (χ2n) is 6.97. The van der Waals surface area contributed by atoms with Crippen LogP contribution in [0, 0.1) is 0 Å². The zero-order valence-corrected chi connectivity index (χ0v) is 16.9. The molecule has 0 bridgehead atoms. The molecule has 1 aromatic rings. The van der Waals surface area contributed by atoms with Crippen molar-refractivity contribution in [2.75, 3.05) is 11.9 Å². The summed E-state index contributed by atoms with van der Waals surface area (Å²) in [4.78, 5) is 14.9. The highest BCUT2D eigenvalue weighted by molar-refractivity contribution is 8.00. The summed E-state index contributed by atoms with van der Waals surface area (Å²) in [5.41, 5.74) is 5.80. The summed E-state index contributed by atoms with van der Waals surface area (Å²) >= 11 is 1.47. The Morgan fingerprint density at radius 2 is 1.85 bits per heavy atom. The Morgan fingerprint density at radius 1 is 1.15 bits per heavy atom. The van der Waals surface area contributed by atoms with E-state index < -0.39 is 14.8 Å². The smallest absolute Gasteiger partial charge is 0.224 e. The Labute approximate surface area is 159 Å². The summed E-state index contributed by atoms with van der Waals surface area (Å²) in [6, 6.07) is 7.58. The molecule has 0 radical (unpaired) electrons. The number of hydrazine groups is 1. The Kier molecular flexibility index (Phi) is 7.10. The van der Waals surface area contributed by atoms with Crippen LogP contribution in [-0.4, -0.2) is 25.6 Å². The molecule has 0 saturated carbocycles. The number of carbonyl (C=O) groups is 1. The van der Waals surface area contributed by atoms with Crippen LogP contribution in [0.1, 0.15) is 45.6 Å². The van der Waals surface area contributed by atoms with Gasteiger partial charge in [0.15, 0.2) is 0 Å². The van der Waals surface area contributed by atoms with Crippen molar-refractivity contribution in [3.8, 4) is 0 Å². The molecule has 1 aliphatic rings. The fraction of sp³-hybridized carbons (Fsp3) is 0.471. The van der Waals surface area contributed by atoms with E-state index in [-0.39, 0.29) is 5.91 Å². The van der Waals surface area contributed by atoms with Crippen LogP contribution in [0.25, 0.3) is 5.70 Å². The summed E-state index contributed by atoms with van der Waals surface area (Å²) < 4.78 is 25.6. The summed E-state index contributed by atoms with van der Waals surface area (Å²) in [5.74, 6) is -0.0770. The number of benzene rings is 1. The number of nitrogens with one attached hydrogen (secondary N) is 4. The van der Waals surface area contributed by atoms with Gasteiger partial charge in [0.1, 0.15) is 0 Å². The van der Waals surface area contributed by atoms with E-state index in [1.807, 2.05) is 29.7 Å². The highest BCUT2D eigenvalue weighted by atomic mass is 32.2. The number of carbonyl (C=O) groups excluding carboxylic acids is 1. The van der Waals surface area contributed by atoms with E-state index in [0.717, 1.165) is 16.9 Å². The molecule has 0 aliphatic carbocycles. The van der Waals surface area contributed by atoms with Gasteiger partial charge < -0.3 is 10.7 Å². The van der Waals surface area contributed by atoms with E-state index >= 15 is 0 Å². The molecule has 0 saturated heterocycles. The first-order valence-electron chi connectivity index (χ1n) is 8.45. The number of rotatable bonds is 8. The number of sulfonamides is 1. The lowest BCUT2D eigenvalue weighted by atomic mass is 10.1. The minimum atomic E-state index is -3.32. The van der Waals surface area contributed by atoms with Crippen molar-refractivity contribution in [1.82, 2.24) is 15.0 Å². The predicted octanol–water partition coefficient (Wildman–Crippen LogP) is 2.57. The molecule has 0 aromatic heterocycles. The zero-order chi connectivity index (χ0) is 19.2. The van der Waals surface area contributed by atoms with Gasteiger partial charge in [0.05, 0.1) is 10.4 Å². The fourth-order valence-electron chi connectivity index (χ4n) is 2.13. The Hall–Kier alpha value is -1.55. The quantitative estimate of drug-likeness (QED) is 0.397. The van der Waals surface area contributed by atoms with Crippen molar-refractivity contribution in [2.24, 2.45) is 0 Å². The van der Waals surface area contributed by atoms with Crippen molar-refractivity contribution < 1.29 is 13.2 Å². The summed E-state index contributed by atoms with van der Waals surface area (Å²) in [6.07, 6.45) is 1.59. The maximum absolute atomic E-state index is 12.0. The van der Waals surface area contributed by atoms with Crippen LogP contribution in [0.3, 0.4) is 0 Å². The average Bonchev–Trinajstić information content (AvgIpc) is 3.08. The van der Waals surface area contributed by atoms with Gasteiger partial charge in [-0.25, -0.2) is 13.1 Å². The number of amides is 1. The molecule has 7 nitrogen and oxygen atoms in total. The Bertz CT molecular complexity index is 753. The van der Waals surface area contributed by atoms with Gasteiger partial charge in [0.25, 0.3) is 0 Å².